The monoisotopic (exact) mass is 157 g/mol. The summed E-state index contributed by atoms with van der Waals surface area (Å²) in [5, 5.41) is 13.3. The maximum absolute atomic E-state index is 7.36. The molecule has 66 valence electrons. The third kappa shape index (κ3) is 7.16. The first-order chi connectivity index (χ1) is 5.16. The zero-order valence-corrected chi connectivity index (χ0v) is 7.70. The van der Waals surface area contributed by atoms with E-state index in [2.05, 4.69) is 31.4 Å². The fourth-order valence-electron chi connectivity index (χ4n) is 0.619. The molecule has 0 saturated carbocycles. The lowest BCUT2D eigenvalue weighted by atomic mass is 10.2. The Balaban J connectivity index is 3.23. The van der Waals surface area contributed by atoms with Gasteiger partial charge in [0.2, 0.25) is 0 Å². The molecule has 0 atom stereocenters. The average molecular weight is 157 g/mol. The maximum Gasteiger partial charge on any atom is 0.188 e. The van der Waals surface area contributed by atoms with Gasteiger partial charge in [-0.1, -0.05) is 20.8 Å². The van der Waals surface area contributed by atoms with Crippen LogP contribution in [-0.4, -0.2) is 19.0 Å². The van der Waals surface area contributed by atoms with Crippen molar-refractivity contribution in [1.29, 1.82) is 5.41 Å². The first-order valence-corrected chi connectivity index (χ1v) is 4.23. The molecule has 0 spiro atoms. The Morgan fingerprint density at radius 1 is 1.36 bits per heavy atom. The maximum atomic E-state index is 7.36. The van der Waals surface area contributed by atoms with Gasteiger partial charge in [-0.2, -0.15) is 0 Å². The van der Waals surface area contributed by atoms with E-state index in [9.17, 15) is 0 Å². The number of hydrogen-bond donors (Lipinski definition) is 3. The van der Waals surface area contributed by atoms with E-state index in [0.29, 0.717) is 11.9 Å². The first kappa shape index (κ1) is 10.3. The molecule has 3 nitrogen and oxygen atoms in total. The highest BCUT2D eigenvalue weighted by atomic mass is 15.1. The van der Waals surface area contributed by atoms with Crippen LogP contribution in [0.15, 0.2) is 0 Å². The summed E-state index contributed by atoms with van der Waals surface area (Å²) in [5.74, 6) is 1.04. The van der Waals surface area contributed by atoms with Crippen LogP contribution in [0.1, 0.15) is 27.2 Å². The molecule has 0 radical (unpaired) electrons. The molecule has 0 bridgehead atoms. The lowest BCUT2D eigenvalue weighted by Gasteiger charge is -2.10. The summed E-state index contributed by atoms with van der Waals surface area (Å²) in [6, 6.07) is 0. The molecule has 0 heterocycles. The van der Waals surface area contributed by atoms with Gasteiger partial charge in [0.05, 0.1) is 0 Å². The van der Waals surface area contributed by atoms with Crippen molar-refractivity contribution in [3.63, 3.8) is 0 Å². The van der Waals surface area contributed by atoms with Crippen LogP contribution in [0.4, 0.5) is 0 Å². The lowest BCUT2D eigenvalue weighted by molar-refractivity contribution is 0.613. The molecular weight excluding hydrogens is 138 g/mol. The minimum atomic E-state index is 0.445. The fourth-order valence-corrected chi connectivity index (χ4v) is 0.619. The second kappa shape index (κ2) is 6.01. The van der Waals surface area contributed by atoms with Gasteiger partial charge in [-0.15, -0.1) is 0 Å². The van der Waals surface area contributed by atoms with E-state index < -0.39 is 0 Å². The second-order valence-electron chi connectivity index (χ2n) is 3.08. The van der Waals surface area contributed by atoms with Gasteiger partial charge >= 0.3 is 0 Å². The van der Waals surface area contributed by atoms with Crippen molar-refractivity contribution in [3.8, 4) is 0 Å². The third-order valence-corrected chi connectivity index (χ3v) is 1.24. The van der Waals surface area contributed by atoms with E-state index in [1.54, 1.807) is 0 Å². The van der Waals surface area contributed by atoms with E-state index in [4.69, 9.17) is 5.41 Å². The highest BCUT2D eigenvalue weighted by Gasteiger charge is 1.95. The zero-order valence-electron chi connectivity index (χ0n) is 7.70. The minimum absolute atomic E-state index is 0.445. The fraction of sp³-hybridized carbons (Fsp3) is 0.875. The first-order valence-electron chi connectivity index (χ1n) is 4.23. The van der Waals surface area contributed by atoms with Crippen molar-refractivity contribution in [2.75, 3.05) is 13.1 Å². The normalized spacial score (nSPS) is 9.82. The van der Waals surface area contributed by atoms with E-state index in [1.165, 1.54) is 0 Å². The molecular formula is C8H19N3. The molecule has 0 aliphatic carbocycles. The Morgan fingerprint density at radius 3 is 2.45 bits per heavy atom. The molecule has 0 aromatic carbocycles. The van der Waals surface area contributed by atoms with Gasteiger partial charge in [0.1, 0.15) is 0 Å². The van der Waals surface area contributed by atoms with Gasteiger partial charge in [0.15, 0.2) is 5.96 Å². The summed E-state index contributed by atoms with van der Waals surface area (Å²) in [6.07, 6.45) is 1.06. The van der Waals surface area contributed by atoms with Gasteiger partial charge in [-0.25, -0.2) is 0 Å². The summed E-state index contributed by atoms with van der Waals surface area (Å²) in [5.41, 5.74) is 0. The van der Waals surface area contributed by atoms with Gasteiger partial charge < -0.3 is 10.6 Å². The highest BCUT2D eigenvalue weighted by Crippen LogP contribution is 1.85. The van der Waals surface area contributed by atoms with Crippen molar-refractivity contribution in [1.82, 2.24) is 10.6 Å². The number of nitrogens with one attached hydrogen (secondary N) is 3. The molecule has 0 aromatic heterocycles. The van der Waals surface area contributed by atoms with Crippen LogP contribution < -0.4 is 10.6 Å². The minimum Gasteiger partial charge on any atom is -0.357 e. The van der Waals surface area contributed by atoms with Gasteiger partial charge in [0, 0.05) is 13.1 Å². The van der Waals surface area contributed by atoms with Crippen LogP contribution in [0, 0.1) is 11.3 Å². The Labute approximate surface area is 69.1 Å². The molecule has 0 aromatic rings. The summed E-state index contributed by atoms with van der Waals surface area (Å²) >= 11 is 0. The van der Waals surface area contributed by atoms with Crippen molar-refractivity contribution in [2.24, 2.45) is 5.92 Å². The number of guanidine groups is 1. The van der Waals surface area contributed by atoms with Crippen LogP contribution in [0.25, 0.3) is 0 Å². The van der Waals surface area contributed by atoms with Crippen LogP contribution in [-0.2, 0) is 0 Å². The van der Waals surface area contributed by atoms with E-state index >= 15 is 0 Å². The Morgan fingerprint density at radius 2 is 2.00 bits per heavy atom. The predicted molar refractivity (Wildman–Crippen MR) is 48.9 cm³/mol. The molecule has 11 heavy (non-hydrogen) atoms. The van der Waals surface area contributed by atoms with Crippen molar-refractivity contribution >= 4 is 5.96 Å². The predicted octanol–water partition coefficient (Wildman–Crippen LogP) is 1.17. The van der Waals surface area contributed by atoms with Crippen LogP contribution >= 0.6 is 0 Å². The zero-order chi connectivity index (χ0) is 8.69. The molecule has 0 fully saturated rings. The third-order valence-electron chi connectivity index (χ3n) is 1.24. The molecule has 0 aliphatic heterocycles. The lowest BCUT2D eigenvalue weighted by Crippen LogP contribution is -2.38. The average Bonchev–Trinajstić information content (AvgIpc) is 1.97. The molecule has 0 aliphatic rings. The Hall–Kier alpha value is -0.730. The molecule has 0 rings (SSSR count). The summed E-state index contributed by atoms with van der Waals surface area (Å²) in [6.45, 7) is 8.09. The highest BCUT2D eigenvalue weighted by molar-refractivity contribution is 5.76. The van der Waals surface area contributed by atoms with Crippen molar-refractivity contribution in [3.05, 3.63) is 0 Å². The van der Waals surface area contributed by atoms with Crippen molar-refractivity contribution < 1.29 is 0 Å². The standard InChI is InChI=1S/C8H19N3/c1-4-5-10-8(9)11-6-7(2)3/h7H,4-6H2,1-3H3,(H3,9,10,11). The molecule has 0 amide bonds. The second-order valence-corrected chi connectivity index (χ2v) is 3.08. The molecule has 0 unspecified atom stereocenters. The van der Waals surface area contributed by atoms with E-state index in [0.717, 1.165) is 19.5 Å². The topological polar surface area (TPSA) is 47.9 Å². The molecule has 3 heteroatoms. The Bertz CT molecular complexity index is 110. The summed E-state index contributed by atoms with van der Waals surface area (Å²) in [7, 11) is 0. The van der Waals surface area contributed by atoms with Crippen LogP contribution in [0.2, 0.25) is 0 Å². The van der Waals surface area contributed by atoms with E-state index in [-0.39, 0.29) is 0 Å². The smallest absolute Gasteiger partial charge is 0.188 e. The number of rotatable bonds is 4. The van der Waals surface area contributed by atoms with Crippen molar-refractivity contribution in [2.45, 2.75) is 27.2 Å². The summed E-state index contributed by atoms with van der Waals surface area (Å²) in [4.78, 5) is 0. The van der Waals surface area contributed by atoms with Gasteiger partial charge in [-0.3, -0.25) is 5.41 Å². The SMILES string of the molecule is CCCNC(=N)NCC(C)C. The van der Waals surface area contributed by atoms with E-state index in [1.807, 2.05) is 0 Å². The quantitative estimate of drug-likeness (QED) is 0.424. The Kier molecular flexibility index (Phi) is 5.61. The van der Waals surface area contributed by atoms with Crippen LogP contribution in [0.3, 0.4) is 0 Å². The summed E-state index contributed by atoms with van der Waals surface area (Å²) < 4.78 is 0. The van der Waals surface area contributed by atoms with Crippen LogP contribution in [0.5, 0.6) is 0 Å². The molecule has 0 saturated heterocycles. The number of hydrogen-bond acceptors (Lipinski definition) is 1. The largest absolute Gasteiger partial charge is 0.357 e. The van der Waals surface area contributed by atoms with Gasteiger partial charge in [-0.05, 0) is 12.3 Å². The van der Waals surface area contributed by atoms with Gasteiger partial charge in [0.25, 0.3) is 0 Å². The molecule has 3 N–H and O–H groups in total.